The lowest BCUT2D eigenvalue weighted by Crippen LogP contribution is -2.22. The van der Waals surface area contributed by atoms with Crippen molar-refractivity contribution in [3.8, 4) is 5.82 Å². The van der Waals surface area contributed by atoms with Crippen molar-refractivity contribution in [2.45, 2.75) is 0 Å². The SMILES string of the molecule is CNc1cc(Nc2cccn(-c3ncccc3F)c2=O)nc(C(=CN)C(N)=O)n1. The Morgan fingerprint density at radius 2 is 2.00 bits per heavy atom. The number of amides is 1. The number of anilines is 3. The summed E-state index contributed by atoms with van der Waals surface area (Å²) >= 11 is 0. The molecule has 29 heavy (non-hydrogen) atoms. The molecule has 0 bridgehead atoms. The number of pyridine rings is 2. The van der Waals surface area contributed by atoms with Gasteiger partial charge in [0.2, 0.25) is 0 Å². The highest BCUT2D eigenvalue weighted by Gasteiger charge is 2.15. The van der Waals surface area contributed by atoms with Gasteiger partial charge >= 0.3 is 0 Å². The van der Waals surface area contributed by atoms with E-state index < -0.39 is 17.3 Å². The third kappa shape index (κ3) is 4.03. The molecule has 3 rings (SSSR count). The zero-order chi connectivity index (χ0) is 21.0. The minimum atomic E-state index is -0.806. The van der Waals surface area contributed by atoms with Gasteiger partial charge in [0, 0.05) is 31.7 Å². The van der Waals surface area contributed by atoms with Gasteiger partial charge in [0.25, 0.3) is 11.5 Å². The Kier molecular flexibility index (Phi) is 5.49. The van der Waals surface area contributed by atoms with Gasteiger partial charge in [-0.15, -0.1) is 0 Å². The molecule has 0 aromatic carbocycles. The van der Waals surface area contributed by atoms with Crippen LogP contribution in [0.5, 0.6) is 0 Å². The van der Waals surface area contributed by atoms with E-state index in [1.165, 1.54) is 36.7 Å². The number of aromatic nitrogens is 4. The first-order valence-electron chi connectivity index (χ1n) is 8.33. The van der Waals surface area contributed by atoms with E-state index in [1.54, 1.807) is 13.1 Å². The maximum atomic E-state index is 14.0. The molecule has 0 aliphatic carbocycles. The summed E-state index contributed by atoms with van der Waals surface area (Å²) in [5, 5.41) is 5.66. The molecule has 11 heteroatoms. The van der Waals surface area contributed by atoms with E-state index >= 15 is 0 Å². The van der Waals surface area contributed by atoms with Crippen LogP contribution in [0.1, 0.15) is 5.82 Å². The van der Waals surface area contributed by atoms with Crippen molar-refractivity contribution in [3.05, 3.63) is 70.9 Å². The van der Waals surface area contributed by atoms with E-state index in [0.717, 1.165) is 10.8 Å². The monoisotopic (exact) mass is 396 g/mol. The number of primary amides is 1. The summed E-state index contributed by atoms with van der Waals surface area (Å²) in [4.78, 5) is 36.6. The van der Waals surface area contributed by atoms with Crippen molar-refractivity contribution in [2.75, 3.05) is 17.7 Å². The van der Waals surface area contributed by atoms with Crippen LogP contribution in [0, 0.1) is 5.82 Å². The topological polar surface area (TPSA) is 154 Å². The molecule has 0 aliphatic heterocycles. The first-order valence-corrected chi connectivity index (χ1v) is 8.33. The number of halogens is 1. The Hall–Kier alpha value is -4.28. The molecule has 0 saturated carbocycles. The largest absolute Gasteiger partial charge is 0.404 e. The summed E-state index contributed by atoms with van der Waals surface area (Å²) in [5.74, 6) is -1.07. The van der Waals surface area contributed by atoms with Crippen molar-refractivity contribution in [1.82, 2.24) is 19.5 Å². The Bertz CT molecular complexity index is 1160. The highest BCUT2D eigenvalue weighted by Crippen LogP contribution is 2.19. The Labute approximate surface area is 164 Å². The molecule has 0 unspecified atom stereocenters. The smallest absolute Gasteiger partial charge is 0.280 e. The number of rotatable bonds is 6. The van der Waals surface area contributed by atoms with E-state index in [9.17, 15) is 14.0 Å². The highest BCUT2D eigenvalue weighted by molar-refractivity contribution is 6.17. The van der Waals surface area contributed by atoms with Gasteiger partial charge in [-0.2, -0.15) is 0 Å². The molecule has 3 heterocycles. The molecule has 10 nitrogen and oxygen atoms in total. The van der Waals surface area contributed by atoms with Gasteiger partial charge in [0.15, 0.2) is 17.5 Å². The predicted molar refractivity (Wildman–Crippen MR) is 106 cm³/mol. The zero-order valence-electron chi connectivity index (χ0n) is 15.3. The molecule has 148 valence electrons. The second kappa shape index (κ2) is 8.17. The van der Waals surface area contributed by atoms with Crippen LogP contribution in [-0.2, 0) is 4.79 Å². The molecule has 0 fully saturated rings. The lowest BCUT2D eigenvalue weighted by atomic mass is 10.2. The maximum absolute atomic E-state index is 14.0. The Morgan fingerprint density at radius 1 is 1.24 bits per heavy atom. The summed E-state index contributed by atoms with van der Waals surface area (Å²) < 4.78 is 15.1. The number of nitrogens with one attached hydrogen (secondary N) is 2. The third-order valence-electron chi connectivity index (χ3n) is 3.83. The van der Waals surface area contributed by atoms with E-state index in [4.69, 9.17) is 11.5 Å². The molecule has 0 spiro atoms. The van der Waals surface area contributed by atoms with Crippen LogP contribution in [-0.4, -0.2) is 32.5 Å². The second-order valence-electron chi connectivity index (χ2n) is 5.69. The number of nitrogens with zero attached hydrogens (tertiary/aromatic N) is 4. The van der Waals surface area contributed by atoms with Gasteiger partial charge in [-0.05, 0) is 24.3 Å². The summed E-state index contributed by atoms with van der Waals surface area (Å²) in [6, 6.07) is 7.18. The molecule has 0 atom stereocenters. The van der Waals surface area contributed by atoms with E-state index in [0.29, 0.717) is 5.82 Å². The maximum Gasteiger partial charge on any atom is 0.280 e. The normalized spacial score (nSPS) is 11.2. The summed E-state index contributed by atoms with van der Waals surface area (Å²) in [7, 11) is 1.62. The minimum absolute atomic E-state index is 0.0265. The average molecular weight is 396 g/mol. The van der Waals surface area contributed by atoms with Gasteiger partial charge in [0.05, 0.1) is 5.57 Å². The van der Waals surface area contributed by atoms with Crippen LogP contribution in [0.3, 0.4) is 0 Å². The molecule has 3 aromatic rings. The molecule has 0 radical (unpaired) electrons. The number of carbonyl (C=O) groups excluding carboxylic acids is 1. The van der Waals surface area contributed by atoms with Gasteiger partial charge in [-0.1, -0.05) is 0 Å². The predicted octanol–water partition coefficient (Wildman–Crippen LogP) is 0.732. The van der Waals surface area contributed by atoms with Crippen molar-refractivity contribution in [2.24, 2.45) is 11.5 Å². The van der Waals surface area contributed by atoms with Crippen LogP contribution in [0.25, 0.3) is 11.4 Å². The number of nitrogens with two attached hydrogens (primary N) is 2. The molecule has 6 N–H and O–H groups in total. The summed E-state index contributed by atoms with van der Waals surface area (Å²) in [6.07, 6.45) is 3.78. The van der Waals surface area contributed by atoms with Gasteiger partial charge in [-0.25, -0.2) is 19.3 Å². The fourth-order valence-electron chi connectivity index (χ4n) is 2.48. The number of carbonyl (C=O) groups is 1. The molecular formula is C18H17FN8O2. The third-order valence-corrected chi connectivity index (χ3v) is 3.83. The lowest BCUT2D eigenvalue weighted by Gasteiger charge is -2.12. The molecular weight excluding hydrogens is 379 g/mol. The second-order valence-corrected chi connectivity index (χ2v) is 5.69. The standard InChI is InChI=1S/C18H17FN8O2/c1-22-13-8-14(26-16(25-13)10(9-20)15(21)28)24-12-5-3-7-27(18(12)29)17-11(19)4-2-6-23-17/h2-9H,20H2,1H3,(H2,21,28)(H2,22,24,25,26). The van der Waals surface area contributed by atoms with Crippen LogP contribution in [0.2, 0.25) is 0 Å². The average Bonchev–Trinajstić information content (AvgIpc) is 2.70. The van der Waals surface area contributed by atoms with Crippen LogP contribution in [0.15, 0.2) is 53.7 Å². The number of hydrogen-bond acceptors (Lipinski definition) is 8. The fraction of sp³-hybridized carbons (Fsp3) is 0.0556. The zero-order valence-corrected chi connectivity index (χ0v) is 15.3. The van der Waals surface area contributed by atoms with Gasteiger partial charge < -0.3 is 22.1 Å². The van der Waals surface area contributed by atoms with Crippen molar-refractivity contribution in [1.29, 1.82) is 0 Å². The quantitative estimate of drug-likeness (QED) is 0.445. The summed E-state index contributed by atoms with van der Waals surface area (Å²) in [5.41, 5.74) is 10.2. The van der Waals surface area contributed by atoms with E-state index in [1.807, 2.05) is 0 Å². The first-order chi connectivity index (χ1) is 13.9. The molecule has 0 saturated heterocycles. The van der Waals surface area contributed by atoms with Crippen molar-refractivity contribution in [3.63, 3.8) is 0 Å². The van der Waals surface area contributed by atoms with Crippen LogP contribution in [0.4, 0.5) is 21.7 Å². The van der Waals surface area contributed by atoms with Crippen LogP contribution < -0.4 is 27.7 Å². The van der Waals surface area contributed by atoms with E-state index in [2.05, 4.69) is 25.6 Å². The summed E-state index contributed by atoms with van der Waals surface area (Å²) in [6.45, 7) is 0. The molecule has 0 aliphatic rings. The Balaban J connectivity index is 2.05. The minimum Gasteiger partial charge on any atom is -0.404 e. The van der Waals surface area contributed by atoms with Crippen LogP contribution >= 0.6 is 0 Å². The Morgan fingerprint density at radius 3 is 2.66 bits per heavy atom. The van der Waals surface area contributed by atoms with Crippen molar-refractivity contribution < 1.29 is 9.18 Å². The van der Waals surface area contributed by atoms with Crippen molar-refractivity contribution >= 4 is 28.8 Å². The number of hydrogen-bond donors (Lipinski definition) is 4. The first kappa shape index (κ1) is 19.5. The van der Waals surface area contributed by atoms with Gasteiger partial charge in [0.1, 0.15) is 17.3 Å². The van der Waals surface area contributed by atoms with Gasteiger partial charge in [-0.3, -0.25) is 14.2 Å². The molecule has 1 amide bonds. The highest BCUT2D eigenvalue weighted by atomic mass is 19.1. The fourth-order valence-corrected chi connectivity index (χ4v) is 2.48. The molecule has 3 aromatic heterocycles. The van der Waals surface area contributed by atoms with E-state index in [-0.39, 0.29) is 28.7 Å². The lowest BCUT2D eigenvalue weighted by molar-refractivity contribution is -0.112.